The Morgan fingerprint density at radius 2 is 1.29 bits per heavy atom. The lowest BCUT2D eigenvalue weighted by atomic mass is 9.98. The van der Waals surface area contributed by atoms with Crippen molar-refractivity contribution in [1.29, 1.82) is 0 Å². The maximum atomic E-state index is 12.5. The quantitative estimate of drug-likeness (QED) is 0.397. The molecular formula is C23H26O11. The molecule has 1 aliphatic rings. The molecule has 34 heavy (non-hydrogen) atoms. The average Bonchev–Trinajstić information content (AvgIpc) is 2.75. The van der Waals surface area contributed by atoms with Crippen LogP contribution in [0.15, 0.2) is 30.8 Å². The summed E-state index contributed by atoms with van der Waals surface area (Å²) in [6, 6.07) is 6.40. The van der Waals surface area contributed by atoms with Crippen LogP contribution in [-0.4, -0.2) is 67.2 Å². The minimum Gasteiger partial charge on any atom is -0.459 e. The molecule has 0 bridgehead atoms. The lowest BCUT2D eigenvalue weighted by molar-refractivity contribution is -0.299. The van der Waals surface area contributed by atoms with Gasteiger partial charge in [0.2, 0.25) is 12.4 Å². The number of carbonyl (C=O) groups is 5. The molecule has 0 saturated carbocycles. The number of hydrogen-bond acceptors (Lipinski definition) is 11. The van der Waals surface area contributed by atoms with E-state index < -0.39 is 67.2 Å². The van der Waals surface area contributed by atoms with Gasteiger partial charge in [0.05, 0.1) is 5.56 Å². The van der Waals surface area contributed by atoms with Crippen molar-refractivity contribution < 1.29 is 52.4 Å². The Morgan fingerprint density at radius 1 is 0.794 bits per heavy atom. The van der Waals surface area contributed by atoms with Gasteiger partial charge in [-0.1, -0.05) is 24.8 Å². The van der Waals surface area contributed by atoms with Crippen molar-refractivity contribution in [1.82, 2.24) is 0 Å². The van der Waals surface area contributed by atoms with E-state index in [1.807, 2.05) is 0 Å². The second-order valence-corrected chi connectivity index (χ2v) is 7.30. The van der Waals surface area contributed by atoms with Crippen LogP contribution < -0.4 is 0 Å². The monoisotopic (exact) mass is 478 g/mol. The van der Waals surface area contributed by atoms with E-state index in [9.17, 15) is 24.0 Å². The molecule has 1 aliphatic heterocycles. The molecule has 0 radical (unpaired) electrons. The molecule has 1 aromatic carbocycles. The number of esters is 5. The lowest BCUT2D eigenvalue weighted by Gasteiger charge is -2.43. The van der Waals surface area contributed by atoms with Crippen LogP contribution in [0.2, 0.25) is 0 Å². The summed E-state index contributed by atoms with van der Waals surface area (Å²) in [5.41, 5.74) is 1.03. The molecule has 0 aromatic heterocycles. The molecule has 1 heterocycles. The number of hydrogen-bond donors (Lipinski definition) is 0. The number of benzene rings is 1. The summed E-state index contributed by atoms with van der Waals surface area (Å²) >= 11 is 0. The first kappa shape index (κ1) is 26.5. The third kappa shape index (κ3) is 7.41. The molecule has 11 nitrogen and oxygen atoms in total. The topological polar surface area (TPSA) is 141 Å². The van der Waals surface area contributed by atoms with Gasteiger partial charge < -0.3 is 28.4 Å². The molecule has 184 valence electrons. The fraction of sp³-hybridized carbons (Fsp3) is 0.435. The predicted molar refractivity (Wildman–Crippen MR) is 114 cm³/mol. The zero-order chi connectivity index (χ0) is 25.4. The van der Waals surface area contributed by atoms with E-state index >= 15 is 0 Å². The maximum Gasteiger partial charge on any atom is 0.338 e. The Balaban J connectivity index is 2.33. The number of rotatable bonds is 8. The predicted octanol–water partition coefficient (Wildman–Crippen LogP) is 1.57. The molecule has 5 atom stereocenters. The third-order valence-corrected chi connectivity index (χ3v) is 4.54. The van der Waals surface area contributed by atoms with Crippen LogP contribution in [0.4, 0.5) is 0 Å². The molecule has 0 amide bonds. The molecule has 1 aromatic rings. The molecule has 1 fully saturated rings. The lowest BCUT2D eigenvalue weighted by Crippen LogP contribution is -2.63. The van der Waals surface area contributed by atoms with Crippen molar-refractivity contribution in [2.45, 2.75) is 58.4 Å². The van der Waals surface area contributed by atoms with Crippen molar-refractivity contribution in [3.8, 4) is 0 Å². The highest BCUT2D eigenvalue weighted by atomic mass is 16.7. The van der Waals surface area contributed by atoms with E-state index in [-0.39, 0.29) is 5.56 Å². The second kappa shape index (κ2) is 11.9. The molecule has 0 spiro atoms. The van der Waals surface area contributed by atoms with Crippen molar-refractivity contribution in [2.75, 3.05) is 6.61 Å². The second-order valence-electron chi connectivity index (χ2n) is 7.30. The summed E-state index contributed by atoms with van der Waals surface area (Å²) in [4.78, 5) is 59.3. The Morgan fingerprint density at radius 3 is 1.79 bits per heavy atom. The first-order valence-corrected chi connectivity index (χ1v) is 10.3. The van der Waals surface area contributed by atoms with Crippen LogP contribution in [-0.2, 0) is 47.6 Å². The van der Waals surface area contributed by atoms with Crippen LogP contribution >= 0.6 is 0 Å². The fourth-order valence-electron chi connectivity index (χ4n) is 3.24. The third-order valence-electron chi connectivity index (χ3n) is 4.54. The summed E-state index contributed by atoms with van der Waals surface area (Å²) in [5.74, 6) is -3.85. The number of carbonyl (C=O) groups excluding carboxylic acids is 5. The number of ether oxygens (including phenoxy) is 6. The largest absolute Gasteiger partial charge is 0.459 e. The standard InChI is InChI=1S/C23H26O11/c1-6-16-7-9-17(10-8-16)22(28)29-11-18-19(30-12(2)24)20(31-13(3)25)21(32-14(4)26)23(34-18)33-15(5)27/h6-10,18-21,23H,1,11H2,2-5H3/t18-,19-,20+,21-,23-/m1/s1. The maximum absolute atomic E-state index is 12.5. The summed E-state index contributed by atoms with van der Waals surface area (Å²) in [6.45, 7) is 7.54. The van der Waals surface area contributed by atoms with Crippen molar-refractivity contribution in [2.24, 2.45) is 0 Å². The van der Waals surface area contributed by atoms with Crippen LogP contribution in [0.1, 0.15) is 43.6 Å². The molecule has 0 unspecified atom stereocenters. The Hall–Kier alpha value is -3.73. The van der Waals surface area contributed by atoms with Gasteiger partial charge in [0.25, 0.3) is 0 Å². The van der Waals surface area contributed by atoms with Gasteiger partial charge in [-0.25, -0.2) is 4.79 Å². The van der Waals surface area contributed by atoms with Gasteiger partial charge in [-0.05, 0) is 17.7 Å². The smallest absolute Gasteiger partial charge is 0.338 e. The molecule has 2 rings (SSSR count). The summed E-state index contributed by atoms with van der Waals surface area (Å²) in [7, 11) is 0. The Kier molecular flexibility index (Phi) is 9.31. The first-order valence-electron chi connectivity index (χ1n) is 10.3. The van der Waals surface area contributed by atoms with E-state index in [1.165, 1.54) is 12.1 Å². The van der Waals surface area contributed by atoms with Crippen LogP contribution in [0.25, 0.3) is 6.08 Å². The van der Waals surface area contributed by atoms with Gasteiger partial charge in [0.1, 0.15) is 12.7 Å². The zero-order valence-corrected chi connectivity index (χ0v) is 19.2. The van der Waals surface area contributed by atoms with Crippen molar-refractivity contribution >= 4 is 35.9 Å². The SMILES string of the molecule is C=Cc1ccc(C(=O)OC[C@H]2O[C@@H](OC(C)=O)[C@H](OC(C)=O)[C@@H](OC(C)=O)[C@@H]2OC(C)=O)cc1. The molecule has 0 aliphatic carbocycles. The zero-order valence-electron chi connectivity index (χ0n) is 19.2. The first-order chi connectivity index (χ1) is 16.0. The highest BCUT2D eigenvalue weighted by Crippen LogP contribution is 2.30. The minimum absolute atomic E-state index is 0.233. The van der Waals surface area contributed by atoms with E-state index in [4.69, 9.17) is 28.4 Å². The fourth-order valence-corrected chi connectivity index (χ4v) is 3.24. The van der Waals surface area contributed by atoms with Gasteiger partial charge in [-0.15, -0.1) is 0 Å². The van der Waals surface area contributed by atoms with Crippen LogP contribution in [0.3, 0.4) is 0 Å². The van der Waals surface area contributed by atoms with Gasteiger partial charge >= 0.3 is 29.8 Å². The summed E-state index contributed by atoms with van der Waals surface area (Å²) in [6.07, 6.45) is -5.38. The molecule has 11 heteroatoms. The van der Waals surface area contributed by atoms with Crippen molar-refractivity contribution in [3.63, 3.8) is 0 Å². The highest BCUT2D eigenvalue weighted by molar-refractivity contribution is 5.89. The van der Waals surface area contributed by atoms with Crippen LogP contribution in [0, 0.1) is 0 Å². The van der Waals surface area contributed by atoms with Crippen LogP contribution in [0.5, 0.6) is 0 Å². The molecular weight excluding hydrogens is 452 g/mol. The Labute approximate surface area is 195 Å². The van der Waals surface area contributed by atoms with E-state index in [1.54, 1.807) is 18.2 Å². The van der Waals surface area contributed by atoms with E-state index in [0.29, 0.717) is 0 Å². The van der Waals surface area contributed by atoms with Crippen molar-refractivity contribution in [3.05, 3.63) is 42.0 Å². The van der Waals surface area contributed by atoms with Gasteiger partial charge in [0.15, 0.2) is 12.2 Å². The molecule has 1 saturated heterocycles. The Bertz CT molecular complexity index is 937. The average molecular weight is 478 g/mol. The molecule has 0 N–H and O–H groups in total. The van der Waals surface area contributed by atoms with Gasteiger partial charge in [-0.2, -0.15) is 0 Å². The highest BCUT2D eigenvalue weighted by Gasteiger charge is 2.53. The normalized spacial score (nSPS) is 23.7. The van der Waals surface area contributed by atoms with E-state index in [0.717, 1.165) is 33.3 Å². The summed E-state index contributed by atoms with van der Waals surface area (Å²) in [5, 5.41) is 0. The summed E-state index contributed by atoms with van der Waals surface area (Å²) < 4.78 is 31.8. The minimum atomic E-state index is -1.53. The van der Waals surface area contributed by atoms with Gasteiger partial charge in [-0.3, -0.25) is 19.2 Å². The van der Waals surface area contributed by atoms with Gasteiger partial charge in [0, 0.05) is 27.7 Å². The van der Waals surface area contributed by atoms with E-state index in [2.05, 4.69) is 6.58 Å².